The van der Waals surface area contributed by atoms with Crippen molar-refractivity contribution in [3.8, 4) is 0 Å². The van der Waals surface area contributed by atoms with Gasteiger partial charge in [0.15, 0.2) is 6.10 Å². The molecule has 1 heterocycles. The number of piperazine rings is 1. The lowest BCUT2D eigenvalue weighted by Crippen LogP contribution is -2.65. The SMILES string of the molecule is CCC[C@]1(C)C(=O)NCCN1C[C@H](O)C(F)(F)F. The molecule has 1 aliphatic rings. The predicted octanol–water partition coefficient (Wildman–Crippen LogP) is 0.900. The normalized spacial score (nSPS) is 28.0. The minimum absolute atomic E-state index is 0.273. The molecule has 0 bridgehead atoms. The lowest BCUT2D eigenvalue weighted by Gasteiger charge is -2.44. The average Bonchev–Trinajstić information content (AvgIpc) is 2.24. The van der Waals surface area contributed by atoms with Crippen molar-refractivity contribution >= 4 is 5.91 Å². The van der Waals surface area contributed by atoms with E-state index >= 15 is 0 Å². The molecule has 1 rings (SSSR count). The number of aliphatic hydroxyl groups excluding tert-OH is 1. The van der Waals surface area contributed by atoms with Gasteiger partial charge in [-0.2, -0.15) is 13.2 Å². The summed E-state index contributed by atoms with van der Waals surface area (Å²) in [5, 5.41) is 11.8. The molecule has 1 fully saturated rings. The average molecular weight is 268 g/mol. The van der Waals surface area contributed by atoms with Gasteiger partial charge in [0.25, 0.3) is 0 Å². The van der Waals surface area contributed by atoms with Gasteiger partial charge in [-0.3, -0.25) is 9.69 Å². The fourth-order valence-corrected chi connectivity index (χ4v) is 2.25. The van der Waals surface area contributed by atoms with Gasteiger partial charge in [0, 0.05) is 19.6 Å². The van der Waals surface area contributed by atoms with Crippen molar-refractivity contribution in [2.75, 3.05) is 19.6 Å². The molecule has 2 N–H and O–H groups in total. The van der Waals surface area contributed by atoms with Gasteiger partial charge in [-0.15, -0.1) is 0 Å². The number of nitrogens with zero attached hydrogens (tertiary/aromatic N) is 1. The Kier molecular flexibility index (Phi) is 4.61. The third-order valence-corrected chi connectivity index (χ3v) is 3.36. The Morgan fingerprint density at radius 3 is 2.67 bits per heavy atom. The van der Waals surface area contributed by atoms with Crippen LogP contribution in [0.4, 0.5) is 13.2 Å². The van der Waals surface area contributed by atoms with Gasteiger partial charge in [0.1, 0.15) is 0 Å². The number of rotatable bonds is 4. The zero-order valence-electron chi connectivity index (χ0n) is 10.5. The lowest BCUT2D eigenvalue weighted by atomic mass is 9.90. The van der Waals surface area contributed by atoms with Crippen LogP contribution in [0, 0.1) is 0 Å². The highest BCUT2D eigenvalue weighted by atomic mass is 19.4. The standard InChI is InChI=1S/C11H19F3N2O2/c1-3-4-10(2)9(18)15-5-6-16(10)7-8(17)11(12,13)14/h8,17H,3-7H2,1-2H3,(H,15,18)/t8-,10+/m0/s1. The topological polar surface area (TPSA) is 52.6 Å². The van der Waals surface area contributed by atoms with Gasteiger partial charge >= 0.3 is 6.18 Å². The molecule has 1 amide bonds. The maximum Gasteiger partial charge on any atom is 0.415 e. The van der Waals surface area contributed by atoms with E-state index in [1.165, 1.54) is 4.90 Å². The Labute approximate surface area is 104 Å². The van der Waals surface area contributed by atoms with E-state index in [9.17, 15) is 18.0 Å². The Morgan fingerprint density at radius 2 is 2.17 bits per heavy atom. The summed E-state index contributed by atoms with van der Waals surface area (Å²) in [6, 6.07) is 0. The molecule has 0 aromatic carbocycles. The van der Waals surface area contributed by atoms with Gasteiger partial charge in [-0.1, -0.05) is 13.3 Å². The van der Waals surface area contributed by atoms with Crippen molar-refractivity contribution in [2.24, 2.45) is 0 Å². The Morgan fingerprint density at radius 1 is 1.56 bits per heavy atom. The first-order valence-electron chi connectivity index (χ1n) is 6.00. The van der Waals surface area contributed by atoms with Gasteiger partial charge < -0.3 is 10.4 Å². The van der Waals surface area contributed by atoms with Gasteiger partial charge in [0.2, 0.25) is 5.91 Å². The number of β-amino-alcohol motifs (C(OH)–C–C–N with tert-alkyl or cyclic N) is 1. The van der Waals surface area contributed by atoms with E-state index in [-0.39, 0.29) is 5.91 Å². The van der Waals surface area contributed by atoms with Crippen LogP contribution >= 0.6 is 0 Å². The van der Waals surface area contributed by atoms with Gasteiger partial charge in [-0.25, -0.2) is 0 Å². The molecule has 1 aliphatic heterocycles. The Hall–Kier alpha value is -0.820. The van der Waals surface area contributed by atoms with Crippen LogP contribution in [0.3, 0.4) is 0 Å². The van der Waals surface area contributed by atoms with E-state index in [1.807, 2.05) is 6.92 Å². The smallest absolute Gasteiger partial charge is 0.382 e. The first kappa shape index (κ1) is 15.2. The number of alkyl halides is 3. The largest absolute Gasteiger partial charge is 0.415 e. The van der Waals surface area contributed by atoms with Crippen molar-refractivity contribution in [3.05, 3.63) is 0 Å². The monoisotopic (exact) mass is 268 g/mol. The molecule has 1 saturated heterocycles. The summed E-state index contributed by atoms with van der Waals surface area (Å²) < 4.78 is 37.1. The summed E-state index contributed by atoms with van der Waals surface area (Å²) in [5.41, 5.74) is -0.973. The zero-order valence-corrected chi connectivity index (χ0v) is 10.5. The number of carbonyl (C=O) groups excluding carboxylic acids is 1. The van der Waals surface area contributed by atoms with Crippen LogP contribution in [-0.2, 0) is 4.79 Å². The summed E-state index contributed by atoms with van der Waals surface area (Å²) in [5.74, 6) is -0.273. The second-order valence-electron chi connectivity index (χ2n) is 4.78. The number of nitrogens with one attached hydrogen (secondary N) is 1. The molecule has 0 saturated carbocycles. The molecule has 0 aromatic rings. The summed E-state index contributed by atoms with van der Waals surface area (Å²) in [6.07, 6.45) is -5.92. The number of aliphatic hydroxyl groups is 1. The van der Waals surface area contributed by atoms with Crippen molar-refractivity contribution < 1.29 is 23.1 Å². The van der Waals surface area contributed by atoms with E-state index in [4.69, 9.17) is 5.11 Å². The third kappa shape index (κ3) is 3.14. The quantitative estimate of drug-likeness (QED) is 0.796. The summed E-state index contributed by atoms with van der Waals surface area (Å²) in [4.78, 5) is 13.3. The van der Waals surface area contributed by atoms with Gasteiger partial charge in [-0.05, 0) is 13.3 Å². The lowest BCUT2D eigenvalue weighted by molar-refractivity contribution is -0.212. The van der Waals surface area contributed by atoms with E-state index < -0.39 is 24.4 Å². The number of hydrogen-bond acceptors (Lipinski definition) is 3. The van der Waals surface area contributed by atoms with E-state index in [0.717, 1.165) is 0 Å². The molecule has 7 heteroatoms. The van der Waals surface area contributed by atoms with Crippen LogP contribution in [-0.4, -0.2) is 53.4 Å². The maximum atomic E-state index is 12.4. The summed E-state index contributed by atoms with van der Waals surface area (Å²) >= 11 is 0. The highest BCUT2D eigenvalue weighted by molar-refractivity contribution is 5.86. The van der Waals surface area contributed by atoms with Crippen LogP contribution in [0.5, 0.6) is 0 Å². The molecule has 0 radical (unpaired) electrons. The summed E-state index contributed by atoms with van der Waals surface area (Å²) in [7, 11) is 0. The molecule has 0 aromatic heterocycles. The molecule has 4 nitrogen and oxygen atoms in total. The van der Waals surface area contributed by atoms with Crippen LogP contribution in [0.15, 0.2) is 0 Å². The molecular formula is C11H19F3N2O2. The maximum absolute atomic E-state index is 12.4. The molecule has 18 heavy (non-hydrogen) atoms. The predicted molar refractivity (Wildman–Crippen MR) is 60.0 cm³/mol. The fraction of sp³-hybridized carbons (Fsp3) is 0.909. The highest BCUT2D eigenvalue weighted by Crippen LogP contribution is 2.27. The van der Waals surface area contributed by atoms with Crippen molar-refractivity contribution in [1.29, 1.82) is 0 Å². The molecule has 2 atom stereocenters. The summed E-state index contributed by atoms with van der Waals surface area (Å²) in [6.45, 7) is 3.55. The van der Waals surface area contributed by atoms with Gasteiger partial charge in [0.05, 0.1) is 5.54 Å². The van der Waals surface area contributed by atoms with E-state index in [2.05, 4.69) is 5.32 Å². The zero-order chi connectivity index (χ0) is 14.0. The van der Waals surface area contributed by atoms with Crippen molar-refractivity contribution in [3.63, 3.8) is 0 Å². The van der Waals surface area contributed by atoms with Crippen LogP contribution in [0.1, 0.15) is 26.7 Å². The van der Waals surface area contributed by atoms with E-state index in [1.54, 1.807) is 6.92 Å². The number of amides is 1. The first-order valence-corrected chi connectivity index (χ1v) is 6.00. The van der Waals surface area contributed by atoms with Crippen LogP contribution < -0.4 is 5.32 Å². The molecule has 106 valence electrons. The second-order valence-corrected chi connectivity index (χ2v) is 4.78. The second kappa shape index (κ2) is 5.44. The number of hydrogen-bond donors (Lipinski definition) is 2. The molecule has 0 spiro atoms. The number of carbonyl (C=O) groups is 1. The third-order valence-electron chi connectivity index (χ3n) is 3.36. The van der Waals surface area contributed by atoms with Crippen LogP contribution in [0.2, 0.25) is 0 Å². The minimum atomic E-state index is -4.65. The fourth-order valence-electron chi connectivity index (χ4n) is 2.25. The van der Waals surface area contributed by atoms with Crippen molar-refractivity contribution in [1.82, 2.24) is 10.2 Å². The van der Waals surface area contributed by atoms with Crippen LogP contribution in [0.25, 0.3) is 0 Å². The number of halogens is 3. The van der Waals surface area contributed by atoms with E-state index in [0.29, 0.717) is 25.9 Å². The Bertz CT molecular complexity index is 309. The Balaban J connectivity index is 2.81. The van der Waals surface area contributed by atoms with Crippen molar-refractivity contribution in [2.45, 2.75) is 44.5 Å². The molecular weight excluding hydrogens is 249 g/mol. The first-order chi connectivity index (χ1) is 8.21. The molecule has 0 aliphatic carbocycles. The highest BCUT2D eigenvalue weighted by Gasteiger charge is 2.46. The molecule has 0 unspecified atom stereocenters. The minimum Gasteiger partial charge on any atom is -0.382 e.